The van der Waals surface area contributed by atoms with Gasteiger partial charge in [-0.2, -0.15) is 13.2 Å². The molecule has 2 N–H and O–H groups in total. The second kappa shape index (κ2) is 10.3. The third-order valence-electron chi connectivity index (χ3n) is 6.54. The van der Waals surface area contributed by atoms with Crippen LogP contribution >= 0.6 is 11.6 Å². The van der Waals surface area contributed by atoms with E-state index in [4.69, 9.17) is 17.3 Å². The molecule has 204 valence electrons. The average molecular weight is 555 g/mol. The number of nitrogens with two attached hydrogens (primary N) is 1. The van der Waals surface area contributed by atoms with E-state index in [1.54, 1.807) is 14.1 Å². The minimum absolute atomic E-state index is 0.0109. The SMILES string of the molecule is CCc1c(N2CCN(c3ccc(C(F)(F)F)cc3Cl)CC2)c(=O)c2nc(N(C)C)c(F)cc2n1CC(N)=O. The molecule has 0 saturated carbocycles. The van der Waals surface area contributed by atoms with Gasteiger partial charge in [-0.05, 0) is 24.6 Å². The van der Waals surface area contributed by atoms with Crippen LogP contribution in [0.4, 0.5) is 34.8 Å². The maximum atomic E-state index is 14.8. The molecule has 1 aliphatic heterocycles. The van der Waals surface area contributed by atoms with Gasteiger partial charge in [-0.1, -0.05) is 18.5 Å². The van der Waals surface area contributed by atoms with E-state index in [-0.39, 0.29) is 28.4 Å². The molecular weight excluding hydrogens is 528 g/mol. The van der Waals surface area contributed by atoms with Crippen LogP contribution in [0, 0.1) is 5.82 Å². The number of hydrogen-bond acceptors (Lipinski definition) is 6. The zero-order valence-electron chi connectivity index (χ0n) is 21.1. The summed E-state index contributed by atoms with van der Waals surface area (Å²) in [5.41, 5.74) is 5.76. The third-order valence-corrected chi connectivity index (χ3v) is 6.84. The van der Waals surface area contributed by atoms with Gasteiger partial charge >= 0.3 is 6.18 Å². The highest BCUT2D eigenvalue weighted by Gasteiger charge is 2.32. The van der Waals surface area contributed by atoms with Crippen LogP contribution in [0.3, 0.4) is 0 Å². The van der Waals surface area contributed by atoms with Gasteiger partial charge in [0, 0.05) is 52.0 Å². The monoisotopic (exact) mass is 554 g/mol. The lowest BCUT2D eigenvalue weighted by Crippen LogP contribution is -2.48. The largest absolute Gasteiger partial charge is 0.416 e. The molecule has 1 saturated heterocycles. The molecule has 1 aliphatic rings. The number of pyridine rings is 2. The Hall–Kier alpha value is -3.54. The summed E-state index contributed by atoms with van der Waals surface area (Å²) in [4.78, 5) is 35.1. The fraction of sp³-hybridized carbons (Fsp3) is 0.400. The Kier molecular flexibility index (Phi) is 7.46. The van der Waals surface area contributed by atoms with Crippen molar-refractivity contribution in [3.8, 4) is 0 Å². The fourth-order valence-corrected chi connectivity index (χ4v) is 5.10. The Labute approximate surface area is 221 Å². The fourth-order valence-electron chi connectivity index (χ4n) is 4.80. The normalized spacial score (nSPS) is 14.3. The first-order chi connectivity index (χ1) is 17.8. The van der Waals surface area contributed by atoms with Crippen molar-refractivity contribution >= 4 is 45.7 Å². The number of benzene rings is 1. The minimum atomic E-state index is -4.50. The Balaban J connectivity index is 1.75. The topological polar surface area (TPSA) is 87.7 Å². The summed E-state index contributed by atoms with van der Waals surface area (Å²) in [7, 11) is 3.21. The number of piperazine rings is 1. The molecule has 2 aromatic heterocycles. The summed E-state index contributed by atoms with van der Waals surface area (Å²) < 4.78 is 55.5. The lowest BCUT2D eigenvalue weighted by molar-refractivity contribution is -0.137. The number of carbonyl (C=O) groups is 1. The first kappa shape index (κ1) is 27.5. The van der Waals surface area contributed by atoms with E-state index in [0.717, 1.165) is 12.1 Å². The third kappa shape index (κ3) is 5.09. The molecular formula is C25H27ClF4N6O2. The lowest BCUT2D eigenvalue weighted by Gasteiger charge is -2.38. The van der Waals surface area contributed by atoms with Crippen LogP contribution in [0.25, 0.3) is 11.0 Å². The van der Waals surface area contributed by atoms with Crippen LogP contribution in [-0.4, -0.2) is 55.7 Å². The molecule has 0 spiro atoms. The molecule has 0 radical (unpaired) electrons. The number of halogens is 5. The van der Waals surface area contributed by atoms with Crippen LogP contribution in [0.15, 0.2) is 29.1 Å². The van der Waals surface area contributed by atoms with E-state index in [9.17, 15) is 27.2 Å². The number of fused-ring (bicyclic) bond motifs is 1. The highest BCUT2D eigenvalue weighted by molar-refractivity contribution is 6.33. The van der Waals surface area contributed by atoms with Gasteiger partial charge in [-0.3, -0.25) is 9.59 Å². The van der Waals surface area contributed by atoms with Crippen LogP contribution < -0.4 is 25.9 Å². The highest BCUT2D eigenvalue weighted by Crippen LogP contribution is 2.36. The molecule has 0 atom stereocenters. The first-order valence-electron chi connectivity index (χ1n) is 11.9. The number of carbonyl (C=O) groups excluding carboxylic acids is 1. The molecule has 3 aromatic rings. The maximum Gasteiger partial charge on any atom is 0.416 e. The second-order valence-corrected chi connectivity index (χ2v) is 9.63. The van der Waals surface area contributed by atoms with Gasteiger partial charge in [-0.15, -0.1) is 0 Å². The molecule has 4 rings (SSSR count). The van der Waals surface area contributed by atoms with Gasteiger partial charge in [0.1, 0.15) is 17.7 Å². The molecule has 1 fully saturated rings. The molecule has 13 heteroatoms. The van der Waals surface area contributed by atoms with Crippen molar-refractivity contribution < 1.29 is 22.4 Å². The number of rotatable bonds is 6. The van der Waals surface area contributed by atoms with E-state index in [1.165, 1.54) is 21.6 Å². The molecule has 1 aromatic carbocycles. The Bertz CT molecular complexity index is 1450. The molecule has 38 heavy (non-hydrogen) atoms. The van der Waals surface area contributed by atoms with E-state index in [1.807, 2.05) is 16.7 Å². The van der Waals surface area contributed by atoms with Crippen molar-refractivity contribution in [1.82, 2.24) is 9.55 Å². The minimum Gasteiger partial charge on any atom is -0.368 e. The molecule has 3 heterocycles. The van der Waals surface area contributed by atoms with Gasteiger partial charge < -0.3 is 25.0 Å². The van der Waals surface area contributed by atoms with Crippen molar-refractivity contribution in [3.05, 3.63) is 56.6 Å². The van der Waals surface area contributed by atoms with Crippen molar-refractivity contribution in [1.29, 1.82) is 0 Å². The Morgan fingerprint density at radius 2 is 1.76 bits per heavy atom. The summed E-state index contributed by atoms with van der Waals surface area (Å²) in [6.45, 7) is 3.00. The lowest BCUT2D eigenvalue weighted by atomic mass is 10.1. The Morgan fingerprint density at radius 3 is 2.29 bits per heavy atom. The maximum absolute atomic E-state index is 14.8. The summed E-state index contributed by atoms with van der Waals surface area (Å²) >= 11 is 6.19. The zero-order valence-corrected chi connectivity index (χ0v) is 21.8. The van der Waals surface area contributed by atoms with Crippen LogP contribution in [0.1, 0.15) is 18.2 Å². The van der Waals surface area contributed by atoms with Gasteiger partial charge in [-0.25, -0.2) is 9.37 Å². The molecule has 1 amide bonds. The molecule has 0 bridgehead atoms. The molecule has 0 unspecified atom stereocenters. The van der Waals surface area contributed by atoms with E-state index in [2.05, 4.69) is 4.98 Å². The number of amides is 1. The van der Waals surface area contributed by atoms with Gasteiger partial charge in [0.15, 0.2) is 11.6 Å². The van der Waals surface area contributed by atoms with Crippen LogP contribution in [0.5, 0.6) is 0 Å². The number of hydrogen-bond donors (Lipinski definition) is 1. The molecule has 8 nitrogen and oxygen atoms in total. The van der Waals surface area contributed by atoms with Crippen molar-refractivity contribution in [2.75, 3.05) is 55.0 Å². The van der Waals surface area contributed by atoms with Crippen molar-refractivity contribution in [3.63, 3.8) is 0 Å². The summed E-state index contributed by atoms with van der Waals surface area (Å²) in [5.74, 6) is -1.32. The first-order valence-corrected chi connectivity index (χ1v) is 12.3. The second-order valence-electron chi connectivity index (χ2n) is 9.22. The number of nitrogens with zero attached hydrogens (tertiary/aromatic N) is 5. The predicted octanol–water partition coefficient (Wildman–Crippen LogP) is 3.65. The standard InChI is InChI=1S/C25H27ClF4N6O2/c1-4-17-22(23(38)21-19(36(17)13-20(31)37)12-16(27)24(32-21)33(2)3)35-9-7-34(8-10-35)18-6-5-14(11-15(18)26)25(28,29)30/h5-6,11-12H,4,7-10,13H2,1-3H3,(H2,31,37). The van der Waals surface area contributed by atoms with Crippen LogP contribution in [0.2, 0.25) is 5.02 Å². The quantitative estimate of drug-likeness (QED) is 0.468. The number of primary amides is 1. The zero-order chi connectivity index (χ0) is 27.9. The highest BCUT2D eigenvalue weighted by atomic mass is 35.5. The van der Waals surface area contributed by atoms with E-state index < -0.39 is 28.9 Å². The van der Waals surface area contributed by atoms with E-state index in [0.29, 0.717) is 49.7 Å². The van der Waals surface area contributed by atoms with Crippen LogP contribution in [-0.2, 0) is 23.9 Å². The average Bonchev–Trinajstić information content (AvgIpc) is 2.84. The van der Waals surface area contributed by atoms with Crippen molar-refractivity contribution in [2.24, 2.45) is 5.73 Å². The molecule has 0 aliphatic carbocycles. The summed E-state index contributed by atoms with van der Waals surface area (Å²) in [6, 6.07) is 4.42. The summed E-state index contributed by atoms with van der Waals surface area (Å²) in [5, 5.41) is -0.0144. The number of anilines is 3. The van der Waals surface area contributed by atoms with Gasteiger partial charge in [0.2, 0.25) is 11.3 Å². The van der Waals surface area contributed by atoms with Gasteiger partial charge in [0.25, 0.3) is 0 Å². The number of aromatic nitrogens is 2. The van der Waals surface area contributed by atoms with Crippen molar-refractivity contribution in [2.45, 2.75) is 26.1 Å². The Morgan fingerprint density at radius 1 is 1.13 bits per heavy atom. The smallest absolute Gasteiger partial charge is 0.368 e. The predicted molar refractivity (Wildman–Crippen MR) is 140 cm³/mol. The number of alkyl halides is 3. The summed E-state index contributed by atoms with van der Waals surface area (Å²) in [6.07, 6.45) is -4.14. The van der Waals surface area contributed by atoms with E-state index >= 15 is 0 Å². The van der Waals surface area contributed by atoms with Gasteiger partial charge in [0.05, 0.1) is 21.8 Å².